The zero-order valence-corrected chi connectivity index (χ0v) is 6.95. The minimum atomic E-state index is -0.970. The highest BCUT2D eigenvalue weighted by Crippen LogP contribution is 2.08. The molecule has 0 aromatic carbocycles. The fourth-order valence-electron chi connectivity index (χ4n) is 0.517. The first-order valence-electron chi connectivity index (χ1n) is 2.82. The molecule has 0 amide bonds. The van der Waals surface area contributed by atoms with Crippen molar-refractivity contribution in [3.05, 3.63) is 11.6 Å². The molecule has 0 radical (unpaired) electrons. The van der Waals surface area contributed by atoms with Crippen LogP contribution in [0.3, 0.4) is 0 Å². The molecule has 0 aliphatic carbocycles. The minimum absolute atomic E-state index is 0.451. The first kappa shape index (κ1) is 7.84. The second kappa shape index (κ2) is 3.80. The summed E-state index contributed by atoms with van der Waals surface area (Å²) in [4.78, 5) is 3.90. The van der Waals surface area contributed by atoms with E-state index in [1.165, 1.54) is 11.3 Å². The van der Waals surface area contributed by atoms with Gasteiger partial charge in [-0.1, -0.05) is 0 Å². The van der Waals surface area contributed by atoms with Gasteiger partial charge in [-0.05, 0) is 0 Å². The molecule has 1 rings (SSSR count). The van der Waals surface area contributed by atoms with Gasteiger partial charge in [-0.3, -0.25) is 4.21 Å². The molecule has 2 N–H and O–H groups in total. The van der Waals surface area contributed by atoms with Crippen LogP contribution in [0.2, 0.25) is 0 Å². The fourth-order valence-corrected chi connectivity index (χ4v) is 2.29. The van der Waals surface area contributed by atoms with E-state index in [0.29, 0.717) is 16.6 Å². The van der Waals surface area contributed by atoms with E-state index in [-0.39, 0.29) is 0 Å². The maximum Gasteiger partial charge on any atom is 0.180 e. The minimum Gasteiger partial charge on any atom is -0.330 e. The maximum atomic E-state index is 11.1. The number of aromatic nitrogens is 1. The number of thiazole rings is 1. The molecule has 0 saturated heterocycles. The lowest BCUT2D eigenvalue weighted by Crippen LogP contribution is -2.09. The highest BCUT2D eigenvalue weighted by atomic mass is 32.2. The summed E-state index contributed by atoms with van der Waals surface area (Å²) in [6, 6.07) is 0. The van der Waals surface area contributed by atoms with Crippen molar-refractivity contribution in [2.45, 2.75) is 4.34 Å². The van der Waals surface area contributed by atoms with E-state index < -0.39 is 10.8 Å². The third kappa shape index (κ3) is 1.86. The summed E-state index contributed by atoms with van der Waals surface area (Å²) in [5, 5.41) is 1.81. The molecule has 0 saturated carbocycles. The van der Waals surface area contributed by atoms with Crippen LogP contribution in [0.15, 0.2) is 15.9 Å². The average Bonchev–Trinajstić information content (AvgIpc) is 2.38. The van der Waals surface area contributed by atoms with Crippen molar-refractivity contribution in [1.82, 2.24) is 4.98 Å². The molecule has 56 valence electrons. The van der Waals surface area contributed by atoms with Crippen molar-refractivity contribution in [2.75, 3.05) is 12.3 Å². The molecule has 0 bridgehead atoms. The Morgan fingerprint density at radius 1 is 1.80 bits per heavy atom. The summed E-state index contributed by atoms with van der Waals surface area (Å²) in [6.45, 7) is 0.451. The van der Waals surface area contributed by atoms with Crippen molar-refractivity contribution < 1.29 is 4.21 Å². The van der Waals surface area contributed by atoms with Crippen molar-refractivity contribution in [3.8, 4) is 0 Å². The van der Waals surface area contributed by atoms with Crippen LogP contribution in [-0.2, 0) is 10.8 Å². The summed E-state index contributed by atoms with van der Waals surface area (Å²) < 4.78 is 11.8. The van der Waals surface area contributed by atoms with Crippen LogP contribution < -0.4 is 5.73 Å². The summed E-state index contributed by atoms with van der Waals surface area (Å²) in [6.07, 6.45) is 1.65. The molecular weight excluding hydrogens is 168 g/mol. The SMILES string of the molecule is NCCS(=O)c1nccs1. The third-order valence-corrected chi connectivity index (χ3v) is 3.42. The first-order valence-corrected chi connectivity index (χ1v) is 5.02. The number of hydrogen-bond acceptors (Lipinski definition) is 4. The quantitative estimate of drug-likeness (QED) is 0.716. The summed E-state index contributed by atoms with van der Waals surface area (Å²) in [7, 11) is -0.970. The van der Waals surface area contributed by atoms with Gasteiger partial charge in [0.1, 0.15) is 0 Å². The average molecular weight is 176 g/mol. The second-order valence-electron chi connectivity index (χ2n) is 1.64. The largest absolute Gasteiger partial charge is 0.330 e. The van der Waals surface area contributed by atoms with Crippen LogP contribution in [0, 0.1) is 0 Å². The van der Waals surface area contributed by atoms with Crippen LogP contribution in [0.4, 0.5) is 0 Å². The Balaban J connectivity index is 2.59. The van der Waals surface area contributed by atoms with Crippen LogP contribution >= 0.6 is 11.3 Å². The van der Waals surface area contributed by atoms with Gasteiger partial charge in [0.15, 0.2) is 4.34 Å². The predicted molar refractivity (Wildman–Crippen MR) is 42.4 cm³/mol. The van der Waals surface area contributed by atoms with Crippen LogP contribution in [-0.4, -0.2) is 21.5 Å². The van der Waals surface area contributed by atoms with Gasteiger partial charge in [-0.2, -0.15) is 0 Å². The highest BCUT2D eigenvalue weighted by Gasteiger charge is 2.03. The Labute approximate surface area is 65.7 Å². The lowest BCUT2D eigenvalue weighted by molar-refractivity contribution is 0.682. The van der Waals surface area contributed by atoms with Gasteiger partial charge in [0.05, 0.1) is 10.8 Å². The zero-order valence-electron chi connectivity index (χ0n) is 5.32. The van der Waals surface area contributed by atoms with Gasteiger partial charge in [0, 0.05) is 23.9 Å². The Morgan fingerprint density at radius 3 is 3.10 bits per heavy atom. The van der Waals surface area contributed by atoms with Crippen LogP contribution in [0.5, 0.6) is 0 Å². The van der Waals surface area contributed by atoms with Gasteiger partial charge in [0.2, 0.25) is 0 Å². The van der Waals surface area contributed by atoms with Gasteiger partial charge in [-0.15, -0.1) is 11.3 Å². The Bertz CT molecular complexity index is 209. The van der Waals surface area contributed by atoms with Crippen molar-refractivity contribution >= 4 is 22.1 Å². The van der Waals surface area contributed by atoms with Crippen molar-refractivity contribution in [1.29, 1.82) is 0 Å². The molecule has 0 fully saturated rings. The van der Waals surface area contributed by atoms with Gasteiger partial charge >= 0.3 is 0 Å². The van der Waals surface area contributed by atoms with Crippen LogP contribution in [0.1, 0.15) is 0 Å². The molecule has 3 nitrogen and oxygen atoms in total. The maximum absolute atomic E-state index is 11.1. The number of nitrogens with two attached hydrogens (primary N) is 1. The normalized spacial score (nSPS) is 13.3. The smallest absolute Gasteiger partial charge is 0.180 e. The Morgan fingerprint density at radius 2 is 2.60 bits per heavy atom. The van der Waals surface area contributed by atoms with Crippen molar-refractivity contribution in [2.24, 2.45) is 5.73 Å². The molecule has 1 unspecified atom stereocenters. The van der Waals surface area contributed by atoms with E-state index in [4.69, 9.17) is 5.73 Å². The number of hydrogen-bond donors (Lipinski definition) is 1. The molecule has 1 heterocycles. The lowest BCUT2D eigenvalue weighted by Gasteiger charge is -1.91. The molecule has 1 aromatic heterocycles. The van der Waals surface area contributed by atoms with Gasteiger partial charge in [0.25, 0.3) is 0 Å². The molecule has 1 atom stereocenters. The van der Waals surface area contributed by atoms with Gasteiger partial charge in [-0.25, -0.2) is 4.98 Å². The Kier molecular flexibility index (Phi) is 2.98. The molecule has 10 heavy (non-hydrogen) atoms. The molecule has 0 aliphatic rings. The van der Waals surface area contributed by atoms with E-state index in [2.05, 4.69) is 4.98 Å². The summed E-state index contributed by atoms with van der Waals surface area (Å²) >= 11 is 1.40. The molecular formula is C5H8N2OS2. The zero-order chi connectivity index (χ0) is 7.40. The van der Waals surface area contributed by atoms with Crippen LogP contribution in [0.25, 0.3) is 0 Å². The molecule has 5 heteroatoms. The van der Waals surface area contributed by atoms with E-state index in [9.17, 15) is 4.21 Å². The Hall–Kier alpha value is -0.260. The fraction of sp³-hybridized carbons (Fsp3) is 0.400. The number of rotatable bonds is 3. The van der Waals surface area contributed by atoms with Crippen molar-refractivity contribution in [3.63, 3.8) is 0 Å². The van der Waals surface area contributed by atoms with E-state index in [0.717, 1.165) is 0 Å². The molecule has 0 spiro atoms. The van der Waals surface area contributed by atoms with E-state index in [1.54, 1.807) is 6.20 Å². The molecule has 0 aliphatic heterocycles. The van der Waals surface area contributed by atoms with Gasteiger partial charge < -0.3 is 5.73 Å². The monoisotopic (exact) mass is 176 g/mol. The van der Waals surface area contributed by atoms with E-state index in [1.807, 2.05) is 5.38 Å². The topological polar surface area (TPSA) is 56.0 Å². The standard InChI is InChI=1S/C5H8N2OS2/c6-1-4-10(8)5-7-2-3-9-5/h2-3H,1,4,6H2. The third-order valence-electron chi connectivity index (χ3n) is 0.908. The first-order chi connectivity index (χ1) is 4.84. The second-order valence-corrected chi connectivity index (χ2v) is 4.28. The summed E-state index contributed by atoms with van der Waals surface area (Å²) in [5.41, 5.74) is 5.22. The predicted octanol–water partition coefficient (Wildman–Crippen LogP) is 0.209. The summed E-state index contributed by atoms with van der Waals surface area (Å²) in [5.74, 6) is 0.507. The molecule has 1 aromatic rings. The highest BCUT2D eigenvalue weighted by molar-refractivity contribution is 7.87. The number of nitrogens with zero attached hydrogens (tertiary/aromatic N) is 1. The lowest BCUT2D eigenvalue weighted by atomic mass is 10.8. The van der Waals surface area contributed by atoms with E-state index >= 15 is 0 Å².